The van der Waals surface area contributed by atoms with Gasteiger partial charge in [-0.25, -0.2) is 0 Å². The maximum Gasteiger partial charge on any atom is 0.250 e. The van der Waals surface area contributed by atoms with Gasteiger partial charge >= 0.3 is 0 Å². The first-order valence-electron chi connectivity index (χ1n) is 5.03. The van der Waals surface area contributed by atoms with Crippen molar-refractivity contribution < 1.29 is 19.7 Å². The molecule has 1 aromatic heterocycles. The van der Waals surface area contributed by atoms with Crippen molar-refractivity contribution in [2.24, 2.45) is 5.73 Å². The van der Waals surface area contributed by atoms with Crippen molar-refractivity contribution in [1.82, 2.24) is 4.57 Å². The third-order valence-electron chi connectivity index (χ3n) is 2.72. The number of carbonyl (C=O) groups excluding carboxylic acids is 1. The predicted octanol–water partition coefficient (Wildman–Crippen LogP) is -0.772. The van der Waals surface area contributed by atoms with E-state index in [1.54, 1.807) is 23.0 Å². The summed E-state index contributed by atoms with van der Waals surface area (Å²) in [5, 5.41) is 18.5. The molecule has 1 amide bonds. The van der Waals surface area contributed by atoms with E-state index in [-0.39, 0.29) is 12.8 Å². The van der Waals surface area contributed by atoms with Crippen LogP contribution in [-0.2, 0) is 4.74 Å². The predicted molar refractivity (Wildman–Crippen MR) is 54.6 cm³/mol. The minimum Gasteiger partial charge on any atom is -0.394 e. The molecule has 0 saturated carbocycles. The summed E-state index contributed by atoms with van der Waals surface area (Å²) >= 11 is 0. The third kappa shape index (κ3) is 1.95. The largest absolute Gasteiger partial charge is 0.394 e. The number of nitrogens with zero attached hydrogens (tertiary/aromatic N) is 1. The number of nitrogens with two attached hydrogens (primary N) is 1. The molecular weight excluding hydrogens is 212 g/mol. The lowest BCUT2D eigenvalue weighted by molar-refractivity contribution is -0.0442. The second kappa shape index (κ2) is 4.25. The zero-order valence-corrected chi connectivity index (χ0v) is 8.61. The van der Waals surface area contributed by atoms with Crippen LogP contribution >= 0.6 is 0 Å². The summed E-state index contributed by atoms with van der Waals surface area (Å²) in [4.78, 5) is 10.9. The van der Waals surface area contributed by atoms with Crippen molar-refractivity contribution in [1.29, 1.82) is 0 Å². The zero-order chi connectivity index (χ0) is 11.7. The quantitative estimate of drug-likeness (QED) is 0.630. The van der Waals surface area contributed by atoms with E-state index < -0.39 is 18.1 Å². The Morgan fingerprint density at radius 2 is 2.44 bits per heavy atom. The standard InChI is InChI=1S/C10H14N2O4/c11-10(15)6-1-2-12(4-6)9-3-7(14)8(5-13)16-9/h1-2,4,7-9,13-14H,3,5H2,(H2,11,15)/t7-,8+,9+/m0/s1. The van der Waals surface area contributed by atoms with Crippen LogP contribution in [0.2, 0.25) is 0 Å². The van der Waals surface area contributed by atoms with Gasteiger partial charge in [0.2, 0.25) is 5.91 Å². The molecule has 2 heterocycles. The number of amides is 1. The van der Waals surface area contributed by atoms with Crippen LogP contribution in [0.25, 0.3) is 0 Å². The maximum absolute atomic E-state index is 10.9. The minimum atomic E-state index is -0.686. The van der Waals surface area contributed by atoms with E-state index in [2.05, 4.69) is 0 Å². The van der Waals surface area contributed by atoms with Gasteiger partial charge in [0.25, 0.3) is 0 Å². The summed E-state index contributed by atoms with van der Waals surface area (Å²) < 4.78 is 7.08. The number of aliphatic hydroxyl groups is 2. The fourth-order valence-corrected chi connectivity index (χ4v) is 1.80. The molecule has 0 unspecified atom stereocenters. The van der Waals surface area contributed by atoms with Crippen molar-refractivity contribution in [2.45, 2.75) is 24.9 Å². The molecule has 0 aromatic carbocycles. The van der Waals surface area contributed by atoms with Gasteiger partial charge in [-0.05, 0) is 6.07 Å². The fourth-order valence-electron chi connectivity index (χ4n) is 1.80. The lowest BCUT2D eigenvalue weighted by Gasteiger charge is -2.13. The Hall–Kier alpha value is -1.37. The Bertz CT molecular complexity index is 390. The molecule has 0 radical (unpaired) electrons. The molecule has 1 aromatic rings. The van der Waals surface area contributed by atoms with Crippen LogP contribution in [0, 0.1) is 0 Å². The molecule has 3 atom stereocenters. The molecule has 16 heavy (non-hydrogen) atoms. The van der Waals surface area contributed by atoms with Gasteiger partial charge in [-0.1, -0.05) is 0 Å². The molecule has 1 aliphatic heterocycles. The summed E-state index contributed by atoms with van der Waals surface area (Å²) in [5.74, 6) is -0.504. The van der Waals surface area contributed by atoms with Crippen molar-refractivity contribution in [3.05, 3.63) is 24.0 Å². The van der Waals surface area contributed by atoms with E-state index in [0.29, 0.717) is 12.0 Å². The third-order valence-corrected chi connectivity index (χ3v) is 2.72. The average Bonchev–Trinajstić information content (AvgIpc) is 2.83. The first kappa shape index (κ1) is 11.1. The Kier molecular flexibility index (Phi) is 2.95. The summed E-state index contributed by atoms with van der Waals surface area (Å²) in [7, 11) is 0. The first-order valence-corrected chi connectivity index (χ1v) is 5.03. The highest BCUT2D eigenvalue weighted by molar-refractivity contribution is 5.92. The molecule has 2 rings (SSSR count). The molecule has 1 fully saturated rings. The first-order chi connectivity index (χ1) is 7.61. The fraction of sp³-hybridized carbons (Fsp3) is 0.500. The van der Waals surface area contributed by atoms with Crippen molar-refractivity contribution in [3.63, 3.8) is 0 Å². The van der Waals surface area contributed by atoms with E-state index in [1.807, 2.05) is 0 Å². The van der Waals surface area contributed by atoms with Crippen LogP contribution in [0.4, 0.5) is 0 Å². The summed E-state index contributed by atoms with van der Waals surface area (Å²) in [5.41, 5.74) is 5.52. The monoisotopic (exact) mass is 226 g/mol. The molecule has 0 aliphatic carbocycles. The number of primary amides is 1. The van der Waals surface area contributed by atoms with Crippen LogP contribution in [0.1, 0.15) is 23.0 Å². The molecular formula is C10H14N2O4. The molecule has 1 saturated heterocycles. The van der Waals surface area contributed by atoms with Crippen molar-refractivity contribution >= 4 is 5.91 Å². The van der Waals surface area contributed by atoms with E-state index in [4.69, 9.17) is 15.6 Å². The van der Waals surface area contributed by atoms with E-state index in [0.717, 1.165) is 0 Å². The molecule has 6 heteroatoms. The number of carbonyl (C=O) groups is 1. The summed E-state index contributed by atoms with van der Waals surface area (Å²) in [6.07, 6.45) is 2.01. The number of hydrogen-bond donors (Lipinski definition) is 3. The van der Waals surface area contributed by atoms with Crippen molar-refractivity contribution in [3.8, 4) is 0 Å². The van der Waals surface area contributed by atoms with Crippen LogP contribution in [0.15, 0.2) is 18.5 Å². The van der Waals surface area contributed by atoms with Gasteiger partial charge in [0.1, 0.15) is 12.3 Å². The van der Waals surface area contributed by atoms with Gasteiger partial charge in [-0.2, -0.15) is 0 Å². The van der Waals surface area contributed by atoms with E-state index in [1.165, 1.54) is 0 Å². The lowest BCUT2D eigenvalue weighted by atomic mass is 10.2. The van der Waals surface area contributed by atoms with Gasteiger partial charge in [0, 0.05) is 18.8 Å². The van der Waals surface area contributed by atoms with Gasteiger partial charge in [-0.15, -0.1) is 0 Å². The average molecular weight is 226 g/mol. The summed E-state index contributed by atoms with van der Waals surface area (Å²) in [6.45, 7) is -0.221. The van der Waals surface area contributed by atoms with Gasteiger partial charge in [-0.3, -0.25) is 4.79 Å². The van der Waals surface area contributed by atoms with Gasteiger partial charge in [0.15, 0.2) is 0 Å². The second-order valence-electron chi connectivity index (χ2n) is 3.83. The number of hydrogen-bond acceptors (Lipinski definition) is 4. The smallest absolute Gasteiger partial charge is 0.250 e. The minimum absolute atomic E-state index is 0.221. The lowest BCUT2D eigenvalue weighted by Crippen LogP contribution is -2.24. The molecule has 6 nitrogen and oxygen atoms in total. The SMILES string of the molecule is NC(=O)c1ccn([C@H]2C[C@H](O)[C@@H](CO)O2)c1. The Labute approximate surface area is 92.2 Å². The highest BCUT2D eigenvalue weighted by atomic mass is 16.5. The zero-order valence-electron chi connectivity index (χ0n) is 8.61. The Morgan fingerprint density at radius 1 is 1.69 bits per heavy atom. The number of rotatable bonds is 3. The van der Waals surface area contributed by atoms with E-state index in [9.17, 15) is 9.90 Å². The second-order valence-corrected chi connectivity index (χ2v) is 3.83. The number of aromatic nitrogens is 1. The van der Waals surface area contributed by atoms with Crippen LogP contribution in [0.5, 0.6) is 0 Å². The number of ether oxygens (including phenoxy) is 1. The summed E-state index contributed by atoms with van der Waals surface area (Å²) in [6, 6.07) is 1.59. The van der Waals surface area contributed by atoms with Crippen LogP contribution < -0.4 is 5.73 Å². The van der Waals surface area contributed by atoms with E-state index >= 15 is 0 Å². The molecule has 0 spiro atoms. The molecule has 4 N–H and O–H groups in total. The van der Waals surface area contributed by atoms with Crippen LogP contribution in [0.3, 0.4) is 0 Å². The number of aliphatic hydroxyl groups excluding tert-OH is 2. The van der Waals surface area contributed by atoms with Crippen LogP contribution in [-0.4, -0.2) is 39.5 Å². The van der Waals surface area contributed by atoms with Gasteiger partial charge < -0.3 is 25.3 Å². The maximum atomic E-state index is 10.9. The van der Waals surface area contributed by atoms with Crippen molar-refractivity contribution in [2.75, 3.05) is 6.61 Å². The molecule has 88 valence electrons. The highest BCUT2D eigenvalue weighted by Crippen LogP contribution is 2.28. The normalized spacial score (nSPS) is 29.5. The highest BCUT2D eigenvalue weighted by Gasteiger charge is 2.34. The van der Waals surface area contributed by atoms with Gasteiger partial charge in [0.05, 0.1) is 18.3 Å². The Morgan fingerprint density at radius 3 is 2.94 bits per heavy atom. The molecule has 0 bridgehead atoms. The molecule has 1 aliphatic rings. The Balaban J connectivity index is 2.11. The topological polar surface area (TPSA) is 97.7 Å².